The molecule has 4 nitrogen and oxygen atoms in total. The standard InChI is InChI=1S/C25H37N3O/c29-25(26-18-19-9-13-27(14-10-19)23-3-1-4-23)22-8-7-20-11-15-28(24-5-2-6-24)16-12-21(20)17-22/h7-8,17,19,23-24H,1-6,9-16,18H2,(H,26,29). The number of carbonyl (C=O) groups is 1. The van der Waals surface area contributed by atoms with Crippen molar-refractivity contribution in [2.75, 3.05) is 32.7 Å². The Labute approximate surface area is 176 Å². The fraction of sp³-hybridized carbons (Fsp3) is 0.720. The SMILES string of the molecule is O=C(NCC1CCN(C2CCC2)CC1)c1ccc2c(c1)CCN(C1CCC1)CC2. The Morgan fingerprint density at radius 2 is 1.45 bits per heavy atom. The van der Waals surface area contributed by atoms with Gasteiger partial charge in [0.25, 0.3) is 5.91 Å². The van der Waals surface area contributed by atoms with Gasteiger partial charge in [0.2, 0.25) is 0 Å². The van der Waals surface area contributed by atoms with Gasteiger partial charge in [0.05, 0.1) is 0 Å². The van der Waals surface area contributed by atoms with Gasteiger partial charge in [0.1, 0.15) is 0 Å². The first-order chi connectivity index (χ1) is 14.3. The second-order valence-corrected chi connectivity index (χ2v) is 9.88. The topological polar surface area (TPSA) is 35.6 Å². The van der Waals surface area contributed by atoms with Crippen LogP contribution in [0.5, 0.6) is 0 Å². The molecule has 5 rings (SSSR count). The van der Waals surface area contributed by atoms with Gasteiger partial charge >= 0.3 is 0 Å². The lowest BCUT2D eigenvalue weighted by molar-refractivity contribution is 0.0803. The van der Waals surface area contributed by atoms with Crippen LogP contribution in [0.15, 0.2) is 18.2 Å². The Bertz CT molecular complexity index is 717. The number of likely N-dealkylation sites (tertiary alicyclic amines) is 1. The minimum atomic E-state index is 0.120. The van der Waals surface area contributed by atoms with E-state index in [9.17, 15) is 4.79 Å². The Kier molecular flexibility index (Phi) is 5.92. The quantitative estimate of drug-likeness (QED) is 0.827. The normalized spacial score (nSPS) is 25.0. The molecule has 4 aliphatic rings. The van der Waals surface area contributed by atoms with Gasteiger partial charge in [-0.3, -0.25) is 9.69 Å². The number of rotatable bonds is 5. The fourth-order valence-electron chi connectivity index (χ4n) is 5.61. The van der Waals surface area contributed by atoms with E-state index in [1.807, 2.05) is 6.07 Å². The van der Waals surface area contributed by atoms with Crippen LogP contribution in [0.25, 0.3) is 0 Å². The molecule has 2 aliphatic heterocycles. The Morgan fingerprint density at radius 1 is 0.828 bits per heavy atom. The van der Waals surface area contributed by atoms with E-state index in [0.717, 1.165) is 43.6 Å². The fourth-order valence-corrected chi connectivity index (χ4v) is 5.61. The van der Waals surface area contributed by atoms with Crippen LogP contribution in [-0.2, 0) is 12.8 Å². The molecule has 2 aliphatic carbocycles. The van der Waals surface area contributed by atoms with Crippen LogP contribution in [0.4, 0.5) is 0 Å². The van der Waals surface area contributed by atoms with Gasteiger partial charge in [-0.25, -0.2) is 0 Å². The summed E-state index contributed by atoms with van der Waals surface area (Å²) in [5.74, 6) is 0.765. The van der Waals surface area contributed by atoms with E-state index in [0.29, 0.717) is 5.92 Å². The van der Waals surface area contributed by atoms with Crippen LogP contribution >= 0.6 is 0 Å². The van der Waals surface area contributed by atoms with E-state index in [1.54, 1.807) is 0 Å². The summed E-state index contributed by atoms with van der Waals surface area (Å²) in [5.41, 5.74) is 3.70. The first-order valence-corrected chi connectivity index (χ1v) is 12.1. The highest BCUT2D eigenvalue weighted by atomic mass is 16.1. The number of hydrogen-bond donors (Lipinski definition) is 1. The number of nitrogens with one attached hydrogen (secondary N) is 1. The molecular formula is C25H37N3O. The van der Waals surface area contributed by atoms with Gasteiger partial charge in [-0.15, -0.1) is 0 Å². The largest absolute Gasteiger partial charge is 0.352 e. The lowest BCUT2D eigenvalue weighted by atomic mass is 9.88. The highest BCUT2D eigenvalue weighted by Gasteiger charge is 2.29. The smallest absolute Gasteiger partial charge is 0.251 e. The van der Waals surface area contributed by atoms with Crippen molar-refractivity contribution in [2.24, 2.45) is 5.92 Å². The Hall–Kier alpha value is -1.39. The molecule has 3 fully saturated rings. The molecule has 1 N–H and O–H groups in total. The summed E-state index contributed by atoms with van der Waals surface area (Å²) in [4.78, 5) is 18.1. The molecule has 1 amide bonds. The maximum atomic E-state index is 12.8. The predicted octanol–water partition coefficient (Wildman–Crippen LogP) is 3.63. The molecule has 1 saturated heterocycles. The molecule has 0 aromatic heterocycles. The molecule has 2 heterocycles. The Balaban J connectivity index is 1.12. The highest BCUT2D eigenvalue weighted by molar-refractivity contribution is 5.94. The van der Waals surface area contributed by atoms with Crippen molar-refractivity contribution in [3.05, 3.63) is 34.9 Å². The van der Waals surface area contributed by atoms with Crippen LogP contribution < -0.4 is 5.32 Å². The van der Waals surface area contributed by atoms with E-state index in [4.69, 9.17) is 0 Å². The van der Waals surface area contributed by atoms with Crippen molar-refractivity contribution in [1.29, 1.82) is 0 Å². The minimum absolute atomic E-state index is 0.120. The average molecular weight is 396 g/mol. The summed E-state index contributed by atoms with van der Waals surface area (Å²) >= 11 is 0. The van der Waals surface area contributed by atoms with Crippen molar-refractivity contribution in [2.45, 2.75) is 76.3 Å². The zero-order valence-corrected chi connectivity index (χ0v) is 17.9. The van der Waals surface area contributed by atoms with Crippen molar-refractivity contribution < 1.29 is 4.79 Å². The zero-order chi connectivity index (χ0) is 19.6. The van der Waals surface area contributed by atoms with Crippen LogP contribution in [0.2, 0.25) is 0 Å². The van der Waals surface area contributed by atoms with Crippen molar-refractivity contribution in [3.63, 3.8) is 0 Å². The molecule has 0 spiro atoms. The van der Waals surface area contributed by atoms with Gasteiger partial charge in [0, 0.05) is 37.3 Å². The minimum Gasteiger partial charge on any atom is -0.352 e. The summed E-state index contributed by atoms with van der Waals surface area (Å²) in [6.45, 7) is 5.62. The lowest BCUT2D eigenvalue weighted by Crippen LogP contribution is -2.46. The van der Waals surface area contributed by atoms with E-state index < -0.39 is 0 Å². The summed E-state index contributed by atoms with van der Waals surface area (Å²) in [6.07, 6.45) is 13.1. The van der Waals surface area contributed by atoms with Crippen molar-refractivity contribution >= 4 is 5.91 Å². The summed E-state index contributed by atoms with van der Waals surface area (Å²) in [6, 6.07) is 8.12. The molecule has 0 bridgehead atoms. The average Bonchev–Trinajstić information content (AvgIpc) is 2.87. The summed E-state index contributed by atoms with van der Waals surface area (Å²) in [5, 5.41) is 3.24. The number of nitrogens with zero attached hydrogens (tertiary/aromatic N) is 2. The van der Waals surface area contributed by atoms with E-state index in [2.05, 4.69) is 27.2 Å². The highest BCUT2D eigenvalue weighted by Crippen LogP contribution is 2.29. The van der Waals surface area contributed by atoms with Crippen molar-refractivity contribution in [1.82, 2.24) is 15.1 Å². The monoisotopic (exact) mass is 395 g/mol. The van der Waals surface area contributed by atoms with Gasteiger partial charge in [-0.05, 0) is 93.6 Å². The molecule has 1 aromatic rings. The molecule has 4 heteroatoms. The van der Waals surface area contributed by atoms with Gasteiger partial charge in [-0.1, -0.05) is 18.9 Å². The van der Waals surface area contributed by atoms with Crippen LogP contribution in [0, 0.1) is 5.92 Å². The number of benzene rings is 1. The molecule has 0 radical (unpaired) electrons. The lowest BCUT2D eigenvalue weighted by Gasteiger charge is -2.41. The van der Waals surface area contributed by atoms with Crippen LogP contribution in [0.3, 0.4) is 0 Å². The number of piperidine rings is 1. The van der Waals surface area contributed by atoms with Gasteiger partial charge in [0.15, 0.2) is 0 Å². The number of carbonyl (C=O) groups excluding carboxylic acids is 1. The molecule has 1 aromatic carbocycles. The molecular weight excluding hydrogens is 358 g/mol. The first kappa shape index (κ1) is 19.6. The van der Waals surface area contributed by atoms with E-state index >= 15 is 0 Å². The second-order valence-electron chi connectivity index (χ2n) is 9.88. The summed E-state index contributed by atoms with van der Waals surface area (Å²) in [7, 11) is 0. The molecule has 2 saturated carbocycles. The predicted molar refractivity (Wildman–Crippen MR) is 117 cm³/mol. The third-order valence-electron chi connectivity index (χ3n) is 8.19. The number of amides is 1. The molecule has 0 unspecified atom stereocenters. The third-order valence-corrected chi connectivity index (χ3v) is 8.19. The second kappa shape index (κ2) is 8.77. The molecule has 158 valence electrons. The third kappa shape index (κ3) is 4.39. The maximum Gasteiger partial charge on any atom is 0.251 e. The van der Waals surface area contributed by atoms with E-state index in [1.165, 1.54) is 82.1 Å². The van der Waals surface area contributed by atoms with Crippen LogP contribution in [0.1, 0.15) is 72.9 Å². The number of fused-ring (bicyclic) bond motifs is 1. The molecule has 29 heavy (non-hydrogen) atoms. The van der Waals surface area contributed by atoms with Gasteiger partial charge in [-0.2, -0.15) is 0 Å². The summed E-state index contributed by atoms with van der Waals surface area (Å²) < 4.78 is 0. The number of hydrogen-bond acceptors (Lipinski definition) is 3. The maximum absolute atomic E-state index is 12.8. The Morgan fingerprint density at radius 3 is 2.07 bits per heavy atom. The van der Waals surface area contributed by atoms with Gasteiger partial charge < -0.3 is 10.2 Å². The molecule has 0 atom stereocenters. The zero-order valence-electron chi connectivity index (χ0n) is 17.9. The van der Waals surface area contributed by atoms with Crippen LogP contribution in [-0.4, -0.2) is 60.5 Å². The van der Waals surface area contributed by atoms with Crippen molar-refractivity contribution in [3.8, 4) is 0 Å². The van der Waals surface area contributed by atoms with E-state index in [-0.39, 0.29) is 5.91 Å². The first-order valence-electron chi connectivity index (χ1n) is 12.1.